The van der Waals surface area contributed by atoms with Crippen molar-refractivity contribution in [2.45, 2.75) is 44.7 Å². The van der Waals surface area contributed by atoms with Crippen LogP contribution in [0.25, 0.3) is 0 Å². The van der Waals surface area contributed by atoms with Crippen LogP contribution >= 0.6 is 11.3 Å². The molecule has 27 heavy (non-hydrogen) atoms. The van der Waals surface area contributed by atoms with E-state index in [1.165, 1.54) is 41.6 Å². The van der Waals surface area contributed by atoms with Gasteiger partial charge in [-0.05, 0) is 44.2 Å². The van der Waals surface area contributed by atoms with Gasteiger partial charge in [0, 0.05) is 17.8 Å². The van der Waals surface area contributed by atoms with Crippen LogP contribution in [0.2, 0.25) is 0 Å². The Morgan fingerprint density at radius 3 is 2.78 bits per heavy atom. The zero-order valence-corrected chi connectivity index (χ0v) is 15.6. The van der Waals surface area contributed by atoms with Gasteiger partial charge in [0.15, 0.2) is 6.61 Å². The van der Waals surface area contributed by atoms with Crippen LogP contribution in [-0.2, 0) is 30.2 Å². The summed E-state index contributed by atoms with van der Waals surface area (Å²) in [5.41, 5.74) is 0.340. The van der Waals surface area contributed by atoms with Gasteiger partial charge in [0.25, 0.3) is 5.91 Å². The number of fused-ring (bicyclic) bond motifs is 1. The lowest BCUT2D eigenvalue weighted by Gasteiger charge is -2.13. The number of carbonyl (C=O) groups excluding carboxylic acids is 1. The van der Waals surface area contributed by atoms with Gasteiger partial charge in [-0.25, -0.2) is 4.98 Å². The number of aromatic nitrogens is 1. The molecule has 0 unspecified atom stereocenters. The average Bonchev–Trinajstić information content (AvgIpc) is 3.06. The molecule has 1 heterocycles. The molecule has 1 amide bonds. The van der Waals surface area contributed by atoms with Gasteiger partial charge in [0.1, 0.15) is 5.75 Å². The molecule has 8 heteroatoms. The van der Waals surface area contributed by atoms with Crippen LogP contribution in [0.15, 0.2) is 24.3 Å². The third kappa shape index (κ3) is 5.45. The summed E-state index contributed by atoms with van der Waals surface area (Å²) in [7, 11) is 0. The fraction of sp³-hybridized carbons (Fsp3) is 0.474. The summed E-state index contributed by atoms with van der Waals surface area (Å²) in [6.45, 7) is -0.00794. The average molecular weight is 398 g/mol. The second kappa shape index (κ2) is 8.73. The number of nitrogens with one attached hydrogen (secondary N) is 1. The normalized spacial score (nSPS) is 13.9. The van der Waals surface area contributed by atoms with Crippen molar-refractivity contribution in [1.82, 2.24) is 10.3 Å². The van der Waals surface area contributed by atoms with E-state index in [1.54, 1.807) is 11.3 Å². The number of ether oxygens (including phenoxy) is 1. The third-order valence-corrected chi connectivity index (χ3v) is 5.55. The van der Waals surface area contributed by atoms with Crippen molar-refractivity contribution in [2.75, 3.05) is 13.2 Å². The minimum atomic E-state index is -4.51. The first-order chi connectivity index (χ1) is 12.9. The van der Waals surface area contributed by atoms with Gasteiger partial charge in [0.2, 0.25) is 0 Å². The Morgan fingerprint density at radius 1 is 1.22 bits per heavy atom. The Hall–Kier alpha value is -2.09. The maximum Gasteiger partial charge on any atom is 0.419 e. The third-order valence-electron chi connectivity index (χ3n) is 4.33. The van der Waals surface area contributed by atoms with Crippen LogP contribution in [-0.4, -0.2) is 24.0 Å². The number of rotatable bonds is 7. The number of hydrogen-bond acceptors (Lipinski definition) is 4. The van der Waals surface area contributed by atoms with Crippen molar-refractivity contribution in [2.24, 2.45) is 0 Å². The number of thiazole rings is 1. The van der Waals surface area contributed by atoms with Crippen LogP contribution in [0.3, 0.4) is 0 Å². The highest BCUT2D eigenvalue weighted by atomic mass is 32.1. The Kier molecular flexibility index (Phi) is 6.36. The summed E-state index contributed by atoms with van der Waals surface area (Å²) in [5, 5.41) is 3.76. The van der Waals surface area contributed by atoms with Crippen LogP contribution in [0, 0.1) is 0 Å². The van der Waals surface area contributed by atoms with E-state index in [0.29, 0.717) is 6.54 Å². The van der Waals surface area contributed by atoms with Gasteiger partial charge in [-0.15, -0.1) is 11.3 Å². The number of amides is 1. The highest BCUT2D eigenvalue weighted by Crippen LogP contribution is 2.35. The molecule has 1 N–H and O–H groups in total. The molecule has 1 aliphatic rings. The lowest BCUT2D eigenvalue weighted by Crippen LogP contribution is -2.30. The summed E-state index contributed by atoms with van der Waals surface area (Å²) in [6, 6.07) is 4.86. The van der Waals surface area contributed by atoms with Crippen molar-refractivity contribution in [3.8, 4) is 5.75 Å². The number of aryl methyl sites for hydroxylation is 3. The van der Waals surface area contributed by atoms with E-state index in [-0.39, 0.29) is 5.75 Å². The lowest BCUT2D eigenvalue weighted by atomic mass is 10.0. The number of hydrogen-bond donors (Lipinski definition) is 1. The second-order valence-electron chi connectivity index (χ2n) is 6.42. The quantitative estimate of drug-likeness (QED) is 0.713. The van der Waals surface area contributed by atoms with Crippen molar-refractivity contribution in [1.29, 1.82) is 0 Å². The highest BCUT2D eigenvalue weighted by molar-refractivity contribution is 7.11. The summed E-state index contributed by atoms with van der Waals surface area (Å²) < 4.78 is 43.7. The van der Waals surface area contributed by atoms with Crippen LogP contribution in [0.1, 0.15) is 40.4 Å². The molecule has 0 aliphatic heterocycles. The van der Waals surface area contributed by atoms with Crippen LogP contribution < -0.4 is 10.1 Å². The topological polar surface area (TPSA) is 51.2 Å². The molecular formula is C19H21F3N2O2S. The van der Waals surface area contributed by atoms with E-state index < -0.39 is 24.3 Å². The highest BCUT2D eigenvalue weighted by Gasteiger charge is 2.34. The predicted molar refractivity (Wildman–Crippen MR) is 97.0 cm³/mol. The Balaban J connectivity index is 1.40. The zero-order valence-electron chi connectivity index (χ0n) is 14.8. The van der Waals surface area contributed by atoms with Gasteiger partial charge < -0.3 is 10.1 Å². The minimum absolute atomic E-state index is 0.339. The molecule has 0 radical (unpaired) electrons. The van der Waals surface area contributed by atoms with Gasteiger partial charge in [-0.3, -0.25) is 4.79 Å². The van der Waals surface area contributed by atoms with E-state index in [1.807, 2.05) is 0 Å². The Labute approximate surface area is 159 Å². The minimum Gasteiger partial charge on any atom is -0.483 e. The molecule has 1 aliphatic carbocycles. The molecule has 1 aromatic carbocycles. The molecule has 0 saturated carbocycles. The SMILES string of the molecule is O=C(COc1ccccc1C(F)(F)F)NCCCc1nc2c(s1)CCCC2. The standard InChI is InChI=1S/C19H21F3N2O2S/c20-19(21,22)13-6-1-3-8-15(13)26-12-17(25)23-11-5-10-18-24-14-7-2-4-9-16(14)27-18/h1,3,6,8H,2,4-5,7,9-12H2,(H,23,25). The summed E-state index contributed by atoms with van der Waals surface area (Å²) in [5.74, 6) is -0.779. The maximum atomic E-state index is 12.9. The number of halogens is 3. The number of nitrogens with zero attached hydrogens (tertiary/aromatic N) is 1. The van der Waals surface area contributed by atoms with Crippen molar-refractivity contribution in [3.63, 3.8) is 0 Å². The van der Waals surface area contributed by atoms with Gasteiger partial charge >= 0.3 is 6.18 Å². The zero-order chi connectivity index (χ0) is 19.3. The molecule has 0 spiro atoms. The summed E-state index contributed by atoms with van der Waals surface area (Å²) >= 11 is 1.75. The smallest absolute Gasteiger partial charge is 0.419 e. The molecule has 1 aromatic heterocycles. The second-order valence-corrected chi connectivity index (χ2v) is 7.59. The molecule has 0 bridgehead atoms. The maximum absolute atomic E-state index is 12.9. The Bertz CT molecular complexity index is 766. The van der Waals surface area contributed by atoms with E-state index >= 15 is 0 Å². The van der Waals surface area contributed by atoms with Gasteiger partial charge in [0.05, 0.1) is 16.3 Å². The van der Waals surface area contributed by atoms with Crippen molar-refractivity contribution >= 4 is 17.2 Å². The van der Waals surface area contributed by atoms with Crippen molar-refractivity contribution in [3.05, 3.63) is 45.4 Å². The summed E-state index contributed by atoms with van der Waals surface area (Å²) in [4.78, 5) is 17.9. The number of para-hydroxylation sites is 1. The van der Waals surface area contributed by atoms with Crippen LogP contribution in [0.4, 0.5) is 13.2 Å². The molecule has 2 aromatic rings. The molecule has 0 fully saturated rings. The molecule has 146 valence electrons. The lowest BCUT2D eigenvalue weighted by molar-refractivity contribution is -0.139. The van der Waals surface area contributed by atoms with Gasteiger partial charge in [-0.1, -0.05) is 12.1 Å². The molecule has 4 nitrogen and oxygen atoms in total. The fourth-order valence-corrected chi connectivity index (χ4v) is 4.20. The summed E-state index contributed by atoms with van der Waals surface area (Å²) in [6.07, 6.45) is 1.60. The first kappa shape index (κ1) is 19.7. The Morgan fingerprint density at radius 2 is 2.00 bits per heavy atom. The number of benzene rings is 1. The van der Waals surface area contributed by atoms with Crippen molar-refractivity contribution < 1.29 is 22.7 Å². The number of carbonyl (C=O) groups is 1. The van der Waals surface area contributed by atoms with Crippen LogP contribution in [0.5, 0.6) is 5.75 Å². The van der Waals surface area contributed by atoms with E-state index in [4.69, 9.17) is 4.74 Å². The van der Waals surface area contributed by atoms with E-state index in [2.05, 4.69) is 10.3 Å². The number of alkyl halides is 3. The molecular weight excluding hydrogens is 377 g/mol. The van der Waals surface area contributed by atoms with E-state index in [0.717, 1.165) is 36.8 Å². The first-order valence-electron chi connectivity index (χ1n) is 8.96. The van der Waals surface area contributed by atoms with E-state index in [9.17, 15) is 18.0 Å². The largest absolute Gasteiger partial charge is 0.483 e. The fourth-order valence-electron chi connectivity index (χ4n) is 3.00. The predicted octanol–water partition coefficient (Wildman–Crippen LogP) is 4.17. The molecule has 0 saturated heterocycles. The monoisotopic (exact) mass is 398 g/mol. The first-order valence-corrected chi connectivity index (χ1v) is 9.78. The van der Waals surface area contributed by atoms with Gasteiger partial charge in [-0.2, -0.15) is 13.2 Å². The molecule has 3 rings (SSSR count). The molecule has 0 atom stereocenters.